The van der Waals surface area contributed by atoms with Gasteiger partial charge in [0.2, 0.25) is 5.13 Å². The summed E-state index contributed by atoms with van der Waals surface area (Å²) in [6, 6.07) is 9.77. The zero-order valence-electron chi connectivity index (χ0n) is 17.4. The van der Waals surface area contributed by atoms with Gasteiger partial charge in [-0.15, -0.1) is 21.5 Å². The van der Waals surface area contributed by atoms with E-state index in [4.69, 9.17) is 4.74 Å². The molecule has 1 N–H and O–H groups in total. The Bertz CT molecular complexity index is 1090. The molecule has 3 rings (SSSR count). The van der Waals surface area contributed by atoms with Crippen molar-refractivity contribution in [3.8, 4) is 5.75 Å². The molecule has 0 saturated carbocycles. The number of nitrogens with one attached hydrogen (secondary N) is 1. The summed E-state index contributed by atoms with van der Waals surface area (Å²) in [5.74, 6) is 0.462. The first-order valence-electron chi connectivity index (χ1n) is 9.73. The fourth-order valence-corrected chi connectivity index (χ4v) is 6.21. The third-order valence-electron chi connectivity index (χ3n) is 4.70. The maximum Gasteiger partial charge on any atom is 0.273 e. The Kier molecular flexibility index (Phi) is 7.63. The number of amides is 1. The van der Waals surface area contributed by atoms with Gasteiger partial charge in [-0.1, -0.05) is 31.3 Å². The molecule has 0 unspecified atom stereocenters. The minimum absolute atomic E-state index is 0.192. The zero-order chi connectivity index (χ0) is 22.4. The predicted molar refractivity (Wildman–Crippen MR) is 124 cm³/mol. The average molecular weight is 481 g/mol. The second kappa shape index (κ2) is 10.2. The van der Waals surface area contributed by atoms with Crippen LogP contribution in [0.5, 0.6) is 5.75 Å². The van der Waals surface area contributed by atoms with Crippen molar-refractivity contribution in [2.45, 2.75) is 36.8 Å². The Labute approximate surface area is 189 Å². The normalized spacial score (nSPS) is 11.5. The van der Waals surface area contributed by atoms with Crippen LogP contribution in [0.25, 0.3) is 0 Å². The summed E-state index contributed by atoms with van der Waals surface area (Å²) in [6.45, 7) is 4.01. The number of carbonyl (C=O) groups is 1. The molecule has 2 heterocycles. The first-order valence-corrected chi connectivity index (χ1v) is 12.9. The lowest BCUT2D eigenvalue weighted by atomic mass is 10.1. The highest BCUT2D eigenvalue weighted by Crippen LogP contribution is 2.28. The van der Waals surface area contributed by atoms with Crippen LogP contribution in [0, 0.1) is 0 Å². The maximum absolute atomic E-state index is 12.6. The number of hydrogen-bond acceptors (Lipinski definition) is 8. The monoisotopic (exact) mass is 480 g/mol. The van der Waals surface area contributed by atoms with Crippen molar-refractivity contribution in [3.63, 3.8) is 0 Å². The third-order valence-corrected chi connectivity index (χ3v) is 8.86. The molecule has 1 amide bonds. The van der Waals surface area contributed by atoms with E-state index < -0.39 is 10.0 Å². The van der Waals surface area contributed by atoms with E-state index in [1.54, 1.807) is 41.8 Å². The summed E-state index contributed by atoms with van der Waals surface area (Å²) in [5.41, 5.74) is 0.494. The molecule has 166 valence electrons. The molecule has 31 heavy (non-hydrogen) atoms. The predicted octanol–water partition coefficient (Wildman–Crippen LogP) is 4.35. The van der Waals surface area contributed by atoms with Crippen molar-refractivity contribution >= 4 is 49.4 Å². The number of nitrogens with zero attached hydrogens (tertiary/aromatic N) is 3. The lowest BCUT2D eigenvalue weighted by molar-refractivity contribution is -0.118. The van der Waals surface area contributed by atoms with Gasteiger partial charge in [-0.2, -0.15) is 0 Å². The summed E-state index contributed by atoms with van der Waals surface area (Å²) in [5, 5.41) is 14.0. The van der Waals surface area contributed by atoms with Gasteiger partial charge in [0, 0.05) is 13.0 Å². The number of carbonyl (C=O) groups excluding carboxylic acids is 1. The van der Waals surface area contributed by atoms with E-state index >= 15 is 0 Å². The van der Waals surface area contributed by atoms with E-state index in [9.17, 15) is 13.2 Å². The highest BCUT2D eigenvalue weighted by Gasteiger charge is 2.22. The molecule has 0 atom stereocenters. The number of thiophene rings is 1. The largest absolute Gasteiger partial charge is 0.484 e. The van der Waals surface area contributed by atoms with E-state index in [0.717, 1.165) is 17.8 Å². The molecule has 2 aromatic heterocycles. The third kappa shape index (κ3) is 5.60. The zero-order valence-corrected chi connectivity index (χ0v) is 19.9. The molecule has 0 fully saturated rings. The van der Waals surface area contributed by atoms with E-state index in [2.05, 4.69) is 29.4 Å². The standard InChI is InChI=1S/C20H24N4O4S3/c1-4-14(5-2)19-22-23-20(30-19)21-17(25)13-28-16-10-8-15(9-11-16)24(3)31(26,27)18-7-6-12-29-18/h6-12,14H,4-5,13H2,1-3H3,(H,21,23,25). The lowest BCUT2D eigenvalue weighted by Crippen LogP contribution is -2.25. The maximum atomic E-state index is 12.6. The topological polar surface area (TPSA) is 101 Å². The van der Waals surface area contributed by atoms with Crippen LogP contribution in [0.4, 0.5) is 10.8 Å². The number of anilines is 2. The Morgan fingerprint density at radius 3 is 2.48 bits per heavy atom. The molecule has 0 bridgehead atoms. The van der Waals surface area contributed by atoms with Gasteiger partial charge in [-0.05, 0) is 48.6 Å². The van der Waals surface area contributed by atoms with Crippen LogP contribution in [-0.4, -0.2) is 38.2 Å². The Morgan fingerprint density at radius 2 is 1.87 bits per heavy atom. The smallest absolute Gasteiger partial charge is 0.273 e. The Morgan fingerprint density at radius 1 is 1.16 bits per heavy atom. The molecular formula is C20H24N4O4S3. The van der Waals surface area contributed by atoms with Crippen LogP contribution in [0.15, 0.2) is 46.0 Å². The molecule has 0 spiro atoms. The molecule has 0 aliphatic rings. The number of ether oxygens (including phenoxy) is 1. The Hall–Kier alpha value is -2.50. The summed E-state index contributed by atoms with van der Waals surface area (Å²) in [7, 11) is -2.10. The van der Waals surface area contributed by atoms with Gasteiger partial charge in [-0.3, -0.25) is 14.4 Å². The van der Waals surface area contributed by atoms with Crippen LogP contribution >= 0.6 is 22.7 Å². The quantitative estimate of drug-likeness (QED) is 0.463. The molecule has 0 aliphatic carbocycles. The number of sulfonamides is 1. The molecule has 11 heteroatoms. The van der Waals surface area contributed by atoms with Gasteiger partial charge in [0.25, 0.3) is 15.9 Å². The van der Waals surface area contributed by atoms with Crippen LogP contribution in [0.1, 0.15) is 37.6 Å². The van der Waals surface area contributed by atoms with Crippen molar-refractivity contribution in [3.05, 3.63) is 46.8 Å². The van der Waals surface area contributed by atoms with Gasteiger partial charge in [-0.25, -0.2) is 8.42 Å². The van der Waals surface area contributed by atoms with Crippen molar-refractivity contribution in [2.24, 2.45) is 0 Å². The highest BCUT2D eigenvalue weighted by atomic mass is 32.2. The fourth-order valence-electron chi connectivity index (χ4n) is 2.83. The summed E-state index contributed by atoms with van der Waals surface area (Å²) >= 11 is 2.54. The van der Waals surface area contributed by atoms with Crippen molar-refractivity contribution in [2.75, 3.05) is 23.3 Å². The van der Waals surface area contributed by atoms with Crippen molar-refractivity contribution < 1.29 is 17.9 Å². The second-order valence-corrected chi connectivity index (χ2v) is 10.8. The molecule has 3 aromatic rings. The van der Waals surface area contributed by atoms with E-state index in [1.807, 2.05) is 0 Å². The highest BCUT2D eigenvalue weighted by molar-refractivity contribution is 7.94. The number of aromatic nitrogens is 2. The minimum atomic E-state index is -3.59. The van der Waals surface area contributed by atoms with Crippen molar-refractivity contribution in [1.29, 1.82) is 0 Å². The molecule has 0 aliphatic heterocycles. The molecule has 0 radical (unpaired) electrons. The molecular weight excluding hydrogens is 456 g/mol. The minimum Gasteiger partial charge on any atom is -0.484 e. The molecule has 0 saturated heterocycles. The van der Waals surface area contributed by atoms with E-state index in [-0.39, 0.29) is 16.7 Å². The van der Waals surface area contributed by atoms with Crippen LogP contribution in [0.2, 0.25) is 0 Å². The summed E-state index contributed by atoms with van der Waals surface area (Å²) in [6.07, 6.45) is 1.95. The molecule has 8 nitrogen and oxygen atoms in total. The average Bonchev–Trinajstić information content (AvgIpc) is 3.46. The van der Waals surface area contributed by atoms with Crippen LogP contribution in [0.3, 0.4) is 0 Å². The number of rotatable bonds is 10. The van der Waals surface area contributed by atoms with Crippen LogP contribution < -0.4 is 14.4 Å². The number of hydrogen-bond donors (Lipinski definition) is 1. The van der Waals surface area contributed by atoms with Gasteiger partial charge in [0.05, 0.1) is 5.69 Å². The fraction of sp³-hybridized carbons (Fsp3) is 0.350. The lowest BCUT2D eigenvalue weighted by Gasteiger charge is -2.18. The van der Waals surface area contributed by atoms with E-state index in [1.165, 1.54) is 34.0 Å². The van der Waals surface area contributed by atoms with Gasteiger partial charge in [0.15, 0.2) is 6.61 Å². The SMILES string of the molecule is CCC(CC)c1nnc(NC(=O)COc2ccc(N(C)S(=O)(=O)c3cccs3)cc2)s1. The Balaban J connectivity index is 1.55. The van der Waals surface area contributed by atoms with E-state index in [0.29, 0.717) is 22.5 Å². The summed E-state index contributed by atoms with van der Waals surface area (Å²) < 4.78 is 32.2. The second-order valence-electron chi connectivity index (χ2n) is 6.69. The summed E-state index contributed by atoms with van der Waals surface area (Å²) in [4.78, 5) is 12.2. The first kappa shape index (κ1) is 23.2. The van der Waals surface area contributed by atoms with Crippen molar-refractivity contribution in [1.82, 2.24) is 10.2 Å². The van der Waals surface area contributed by atoms with Gasteiger partial charge in [0.1, 0.15) is 15.0 Å². The van der Waals surface area contributed by atoms with Gasteiger partial charge >= 0.3 is 0 Å². The molecule has 1 aromatic carbocycles. The van der Waals surface area contributed by atoms with Crippen LogP contribution in [-0.2, 0) is 14.8 Å². The number of benzene rings is 1. The first-order chi connectivity index (χ1) is 14.8. The van der Waals surface area contributed by atoms with Gasteiger partial charge < -0.3 is 4.74 Å².